The van der Waals surface area contributed by atoms with E-state index in [4.69, 9.17) is 5.11 Å². The van der Waals surface area contributed by atoms with Crippen molar-refractivity contribution in [1.29, 1.82) is 0 Å². The van der Waals surface area contributed by atoms with Gasteiger partial charge in [-0.25, -0.2) is 0 Å². The number of allylic oxidation sites excluding steroid dienone is 1. The molecule has 0 rings (SSSR count). The summed E-state index contributed by atoms with van der Waals surface area (Å²) >= 11 is 0. The van der Waals surface area contributed by atoms with Crippen LogP contribution in [-0.2, 0) is 9.59 Å². The van der Waals surface area contributed by atoms with Crippen LogP contribution in [0.3, 0.4) is 0 Å². The molecule has 0 aromatic rings. The van der Waals surface area contributed by atoms with Crippen molar-refractivity contribution >= 4 is 11.9 Å². The normalized spacial score (nSPS) is 12.1. The number of carbonyl (C=O) groups excluding carboxylic acids is 1. The van der Waals surface area contributed by atoms with Gasteiger partial charge in [-0.2, -0.15) is 0 Å². The summed E-state index contributed by atoms with van der Waals surface area (Å²) in [5.41, 5.74) is 0. The molecule has 0 radical (unpaired) electrons. The third-order valence-corrected chi connectivity index (χ3v) is 2.30. The third-order valence-electron chi connectivity index (χ3n) is 2.30. The molecule has 5 heteroatoms. The van der Waals surface area contributed by atoms with Crippen LogP contribution in [0.4, 0.5) is 0 Å². The first kappa shape index (κ1) is 19.0. The molecule has 1 atom stereocenters. The van der Waals surface area contributed by atoms with E-state index in [-0.39, 0.29) is 29.6 Å². The maximum atomic E-state index is 10.7. The maximum Gasteiger partial charge on any atom is 1.00 e. The fraction of sp³-hybridized carbons (Fsp3) is 0.667. The summed E-state index contributed by atoms with van der Waals surface area (Å²) in [6, 6.07) is 0. The standard InChI is InChI=1S/C12H20O4.Na/c1-2-3-4-5-6-7-8-10(12(15)16)9-11(13)14;/h7-8,10H,2-6,9H2,1H3,(H,13,14)(H,15,16);/q;+1/p-1. The zero-order valence-corrected chi connectivity index (χ0v) is 12.6. The van der Waals surface area contributed by atoms with Crippen molar-refractivity contribution in [3.8, 4) is 0 Å². The number of hydrogen-bond acceptors (Lipinski definition) is 3. The van der Waals surface area contributed by atoms with Crippen molar-refractivity contribution in [3.05, 3.63) is 12.2 Å². The van der Waals surface area contributed by atoms with Gasteiger partial charge in [0.25, 0.3) is 0 Å². The van der Waals surface area contributed by atoms with Crippen LogP contribution >= 0.6 is 0 Å². The average molecular weight is 250 g/mol. The molecule has 92 valence electrons. The van der Waals surface area contributed by atoms with E-state index >= 15 is 0 Å². The van der Waals surface area contributed by atoms with Gasteiger partial charge in [-0.1, -0.05) is 38.3 Å². The van der Waals surface area contributed by atoms with Crippen LogP contribution in [0.25, 0.3) is 0 Å². The van der Waals surface area contributed by atoms with Crippen LogP contribution in [0, 0.1) is 5.92 Å². The molecule has 0 spiro atoms. The number of rotatable bonds is 9. The number of carboxylic acids is 2. The second-order valence-corrected chi connectivity index (χ2v) is 3.80. The quantitative estimate of drug-likeness (QED) is 0.302. The Balaban J connectivity index is 0. The first-order valence-corrected chi connectivity index (χ1v) is 5.67. The topological polar surface area (TPSA) is 77.4 Å². The van der Waals surface area contributed by atoms with Gasteiger partial charge >= 0.3 is 35.5 Å². The minimum atomic E-state index is -1.33. The Morgan fingerprint density at radius 2 is 1.94 bits per heavy atom. The molecule has 0 heterocycles. The van der Waals surface area contributed by atoms with Crippen molar-refractivity contribution in [1.82, 2.24) is 0 Å². The molecule has 1 N–H and O–H groups in total. The van der Waals surface area contributed by atoms with E-state index in [1.54, 1.807) is 6.08 Å². The summed E-state index contributed by atoms with van der Waals surface area (Å²) in [6.45, 7) is 2.12. The van der Waals surface area contributed by atoms with Gasteiger partial charge in [-0.3, -0.25) is 4.79 Å². The maximum absolute atomic E-state index is 10.7. The van der Waals surface area contributed by atoms with Gasteiger partial charge in [0.1, 0.15) is 0 Å². The molecule has 0 saturated heterocycles. The summed E-state index contributed by atoms with van der Waals surface area (Å²) in [4.78, 5) is 20.9. The zero-order valence-electron chi connectivity index (χ0n) is 10.6. The van der Waals surface area contributed by atoms with Gasteiger partial charge < -0.3 is 15.0 Å². The van der Waals surface area contributed by atoms with E-state index in [2.05, 4.69) is 6.92 Å². The minimum Gasteiger partial charge on any atom is -0.550 e. The van der Waals surface area contributed by atoms with Crippen LogP contribution in [0.15, 0.2) is 12.2 Å². The number of unbranched alkanes of at least 4 members (excludes halogenated alkanes) is 4. The summed E-state index contributed by atoms with van der Waals surface area (Å²) in [5, 5.41) is 19.0. The van der Waals surface area contributed by atoms with Crippen molar-refractivity contribution in [2.45, 2.75) is 45.4 Å². The van der Waals surface area contributed by atoms with Gasteiger partial charge in [0.15, 0.2) is 0 Å². The Labute approximate surface area is 124 Å². The summed E-state index contributed by atoms with van der Waals surface area (Å²) in [5.74, 6) is -3.41. The Kier molecular flexibility index (Phi) is 13.6. The second-order valence-electron chi connectivity index (χ2n) is 3.80. The van der Waals surface area contributed by atoms with Crippen LogP contribution in [-0.4, -0.2) is 17.0 Å². The van der Waals surface area contributed by atoms with Crippen LogP contribution < -0.4 is 34.7 Å². The Morgan fingerprint density at radius 1 is 1.29 bits per heavy atom. The fourth-order valence-electron chi connectivity index (χ4n) is 1.37. The molecule has 4 nitrogen and oxygen atoms in total. The number of carbonyl (C=O) groups is 2. The van der Waals surface area contributed by atoms with Gasteiger partial charge in [-0.05, 0) is 12.8 Å². The first-order valence-electron chi connectivity index (χ1n) is 5.67. The Morgan fingerprint density at radius 3 is 2.41 bits per heavy atom. The number of carboxylic acid groups (broad SMARTS) is 2. The first-order chi connectivity index (χ1) is 7.57. The molecule has 0 aromatic carbocycles. The van der Waals surface area contributed by atoms with E-state index in [9.17, 15) is 14.7 Å². The summed E-state index contributed by atoms with van der Waals surface area (Å²) in [7, 11) is 0. The molecule has 0 amide bonds. The molecular formula is C12H19NaO4. The van der Waals surface area contributed by atoms with E-state index in [1.807, 2.05) is 0 Å². The SMILES string of the molecule is CCCCCCC=CC(CC(=O)[O-])C(=O)O.[Na+]. The molecule has 0 aromatic heterocycles. The van der Waals surface area contributed by atoms with Crippen molar-refractivity contribution in [3.63, 3.8) is 0 Å². The second kappa shape index (κ2) is 12.1. The van der Waals surface area contributed by atoms with Crippen LogP contribution in [0.5, 0.6) is 0 Å². The van der Waals surface area contributed by atoms with Gasteiger partial charge in [0.2, 0.25) is 0 Å². The van der Waals surface area contributed by atoms with Crippen molar-refractivity contribution in [2.24, 2.45) is 5.92 Å². The molecule has 1 unspecified atom stereocenters. The van der Waals surface area contributed by atoms with Crippen molar-refractivity contribution < 1.29 is 49.4 Å². The third kappa shape index (κ3) is 11.9. The van der Waals surface area contributed by atoms with E-state index in [0.717, 1.165) is 25.7 Å². The number of aliphatic carboxylic acids is 2. The number of hydrogen-bond donors (Lipinski definition) is 1. The molecule has 0 fully saturated rings. The van der Waals surface area contributed by atoms with Gasteiger partial charge in [0.05, 0.1) is 5.92 Å². The monoisotopic (exact) mass is 250 g/mol. The molecule has 0 aliphatic rings. The van der Waals surface area contributed by atoms with Crippen LogP contribution in [0.1, 0.15) is 45.4 Å². The summed E-state index contributed by atoms with van der Waals surface area (Å²) < 4.78 is 0. The molecule has 0 aliphatic carbocycles. The minimum absolute atomic E-state index is 0. The molecule has 0 bridgehead atoms. The molecule has 0 aliphatic heterocycles. The molecule has 0 saturated carbocycles. The van der Waals surface area contributed by atoms with E-state index in [1.165, 1.54) is 12.5 Å². The van der Waals surface area contributed by atoms with Gasteiger partial charge in [-0.15, -0.1) is 0 Å². The predicted octanol–water partition coefficient (Wildman–Crippen LogP) is -1.64. The predicted molar refractivity (Wildman–Crippen MR) is 58.6 cm³/mol. The Hall–Kier alpha value is -0.320. The van der Waals surface area contributed by atoms with E-state index < -0.39 is 24.3 Å². The largest absolute Gasteiger partial charge is 1.00 e. The average Bonchev–Trinajstić information content (AvgIpc) is 2.20. The van der Waals surface area contributed by atoms with Gasteiger partial charge in [0, 0.05) is 12.4 Å². The van der Waals surface area contributed by atoms with Crippen molar-refractivity contribution in [2.75, 3.05) is 0 Å². The Bertz CT molecular complexity index is 251. The van der Waals surface area contributed by atoms with E-state index in [0.29, 0.717) is 0 Å². The van der Waals surface area contributed by atoms with Crippen LogP contribution in [0.2, 0.25) is 0 Å². The fourth-order valence-corrected chi connectivity index (χ4v) is 1.37. The molecular weight excluding hydrogens is 231 g/mol. The summed E-state index contributed by atoms with van der Waals surface area (Å²) in [6.07, 6.45) is 8.02. The molecule has 17 heavy (non-hydrogen) atoms. The smallest absolute Gasteiger partial charge is 0.550 e. The zero-order chi connectivity index (χ0) is 12.4.